The fourth-order valence-electron chi connectivity index (χ4n) is 1.53. The molecule has 0 radical (unpaired) electrons. The number of urea groups is 1. The molecule has 0 aliphatic rings. The lowest BCUT2D eigenvalue weighted by atomic mass is 10.2. The number of rotatable bonds is 2. The van der Waals surface area contributed by atoms with E-state index >= 15 is 0 Å². The zero-order valence-electron chi connectivity index (χ0n) is 11.2. The molecule has 112 valence electrons. The van der Waals surface area contributed by atoms with Crippen LogP contribution in [0.15, 0.2) is 48.8 Å². The van der Waals surface area contributed by atoms with Crippen molar-refractivity contribution in [2.75, 3.05) is 0 Å². The first-order chi connectivity index (χ1) is 10.6. The maximum Gasteiger partial charge on any atom is 0.340 e. The Kier molecular flexibility index (Phi) is 5.05. The number of nitrogens with one attached hydrogen (secondary N) is 3. The molecule has 2 rings (SSSR count). The predicted octanol–water partition coefficient (Wildman–Crippen LogP) is 1.52. The summed E-state index contributed by atoms with van der Waals surface area (Å²) >= 11 is 5.84. The van der Waals surface area contributed by atoms with Crippen LogP contribution in [0.3, 0.4) is 0 Å². The van der Waals surface area contributed by atoms with Crippen LogP contribution in [0, 0.1) is 0 Å². The summed E-state index contributed by atoms with van der Waals surface area (Å²) in [6, 6.07) is 8.49. The molecule has 0 aliphatic heterocycles. The first-order valence-electron chi connectivity index (χ1n) is 6.14. The van der Waals surface area contributed by atoms with Crippen molar-refractivity contribution < 1.29 is 14.4 Å². The largest absolute Gasteiger partial charge is 0.340 e. The lowest BCUT2D eigenvalue weighted by Crippen LogP contribution is -2.48. The van der Waals surface area contributed by atoms with Gasteiger partial charge in [0.15, 0.2) is 0 Å². The van der Waals surface area contributed by atoms with Crippen LogP contribution in [0.2, 0.25) is 5.02 Å². The van der Waals surface area contributed by atoms with E-state index in [-0.39, 0.29) is 16.1 Å². The van der Waals surface area contributed by atoms with Gasteiger partial charge in [-0.3, -0.25) is 25.3 Å². The summed E-state index contributed by atoms with van der Waals surface area (Å²) in [6.45, 7) is 0. The number of nitrogens with zero attached hydrogens (tertiary/aromatic N) is 1. The number of amides is 4. The van der Waals surface area contributed by atoms with Crippen molar-refractivity contribution in [3.63, 3.8) is 0 Å². The van der Waals surface area contributed by atoms with E-state index in [1.165, 1.54) is 30.6 Å². The number of carbonyl (C=O) groups excluding carboxylic acids is 3. The Balaban J connectivity index is 1.87. The Morgan fingerprint density at radius 3 is 2.41 bits per heavy atom. The molecule has 0 saturated heterocycles. The maximum atomic E-state index is 11.8. The highest BCUT2D eigenvalue weighted by Gasteiger charge is 2.13. The average molecular weight is 319 g/mol. The van der Waals surface area contributed by atoms with Crippen molar-refractivity contribution in [3.05, 3.63) is 64.9 Å². The lowest BCUT2D eigenvalue weighted by molar-refractivity contribution is 0.0918. The number of benzene rings is 1. The van der Waals surface area contributed by atoms with Crippen molar-refractivity contribution in [1.82, 2.24) is 21.2 Å². The van der Waals surface area contributed by atoms with E-state index in [0.717, 1.165) is 0 Å². The molecule has 2 aromatic rings. The van der Waals surface area contributed by atoms with E-state index < -0.39 is 17.8 Å². The fourth-order valence-corrected chi connectivity index (χ4v) is 1.75. The summed E-state index contributed by atoms with van der Waals surface area (Å²) in [5.74, 6) is -1.24. The number of halogens is 1. The van der Waals surface area contributed by atoms with Crippen molar-refractivity contribution >= 4 is 29.4 Å². The quantitative estimate of drug-likeness (QED) is 0.731. The summed E-state index contributed by atoms with van der Waals surface area (Å²) in [5, 5.41) is 2.26. The van der Waals surface area contributed by atoms with Crippen molar-refractivity contribution in [3.8, 4) is 0 Å². The number of hydrazine groups is 1. The van der Waals surface area contributed by atoms with Crippen molar-refractivity contribution in [2.45, 2.75) is 0 Å². The second-order valence-corrected chi connectivity index (χ2v) is 4.49. The molecular weight excluding hydrogens is 308 g/mol. The summed E-state index contributed by atoms with van der Waals surface area (Å²) in [6.07, 6.45) is 2.85. The van der Waals surface area contributed by atoms with Gasteiger partial charge in [-0.25, -0.2) is 10.2 Å². The Morgan fingerprint density at radius 1 is 0.955 bits per heavy atom. The average Bonchev–Trinajstić information content (AvgIpc) is 2.53. The normalized spacial score (nSPS) is 9.68. The van der Waals surface area contributed by atoms with Crippen LogP contribution in [-0.4, -0.2) is 22.8 Å². The van der Waals surface area contributed by atoms with Crippen LogP contribution < -0.4 is 16.2 Å². The van der Waals surface area contributed by atoms with Gasteiger partial charge in [-0.2, -0.15) is 0 Å². The number of pyridine rings is 1. The van der Waals surface area contributed by atoms with E-state index in [4.69, 9.17) is 11.6 Å². The number of hydrogen-bond donors (Lipinski definition) is 3. The van der Waals surface area contributed by atoms with Gasteiger partial charge in [0.1, 0.15) is 0 Å². The van der Waals surface area contributed by atoms with Gasteiger partial charge in [-0.1, -0.05) is 23.7 Å². The molecule has 1 heterocycles. The van der Waals surface area contributed by atoms with Crippen LogP contribution in [0.4, 0.5) is 4.79 Å². The number of hydrogen-bond acceptors (Lipinski definition) is 4. The first kappa shape index (κ1) is 15.5. The smallest absolute Gasteiger partial charge is 0.273 e. The van der Waals surface area contributed by atoms with E-state index in [1.807, 2.05) is 5.32 Å². The molecule has 3 N–H and O–H groups in total. The molecule has 0 spiro atoms. The molecule has 0 fully saturated rings. The summed E-state index contributed by atoms with van der Waals surface area (Å²) in [4.78, 5) is 38.8. The van der Waals surface area contributed by atoms with Gasteiger partial charge in [-0.05, 0) is 24.3 Å². The van der Waals surface area contributed by atoms with Crippen LogP contribution in [0.25, 0.3) is 0 Å². The van der Waals surface area contributed by atoms with Gasteiger partial charge in [0.2, 0.25) is 0 Å². The van der Waals surface area contributed by atoms with E-state index in [2.05, 4.69) is 15.8 Å². The van der Waals surface area contributed by atoms with Crippen LogP contribution in [0.5, 0.6) is 0 Å². The molecule has 0 atom stereocenters. The molecule has 7 nitrogen and oxygen atoms in total. The fraction of sp³-hybridized carbons (Fsp3) is 0. The third-order valence-corrected chi connectivity index (χ3v) is 2.89. The SMILES string of the molecule is O=C(NNC(=O)c1cccnc1)NC(=O)c1ccccc1Cl. The topological polar surface area (TPSA) is 100 Å². The Hall–Kier alpha value is -2.93. The third kappa shape index (κ3) is 4.03. The van der Waals surface area contributed by atoms with Crippen molar-refractivity contribution in [1.29, 1.82) is 0 Å². The van der Waals surface area contributed by atoms with E-state index in [9.17, 15) is 14.4 Å². The monoisotopic (exact) mass is 318 g/mol. The minimum atomic E-state index is -0.887. The van der Waals surface area contributed by atoms with Gasteiger partial charge >= 0.3 is 6.03 Å². The second-order valence-electron chi connectivity index (χ2n) is 4.08. The highest BCUT2D eigenvalue weighted by atomic mass is 35.5. The van der Waals surface area contributed by atoms with Crippen LogP contribution in [0.1, 0.15) is 20.7 Å². The van der Waals surface area contributed by atoms with Crippen molar-refractivity contribution in [2.24, 2.45) is 0 Å². The first-order valence-corrected chi connectivity index (χ1v) is 6.52. The van der Waals surface area contributed by atoms with Gasteiger partial charge in [-0.15, -0.1) is 0 Å². The number of imide groups is 1. The van der Waals surface area contributed by atoms with Gasteiger partial charge in [0.05, 0.1) is 16.1 Å². The standard InChI is InChI=1S/C14H11ClN4O3/c15-11-6-2-1-5-10(11)13(21)17-14(22)19-18-12(20)9-4-3-7-16-8-9/h1-8H,(H,18,20)(H2,17,19,21,22). The van der Waals surface area contributed by atoms with Crippen LogP contribution >= 0.6 is 11.6 Å². The lowest BCUT2D eigenvalue weighted by Gasteiger charge is -2.08. The molecule has 4 amide bonds. The van der Waals surface area contributed by atoms with E-state index in [0.29, 0.717) is 0 Å². The molecule has 0 saturated carbocycles. The molecule has 1 aromatic carbocycles. The molecule has 0 bridgehead atoms. The van der Waals surface area contributed by atoms with Crippen LogP contribution in [-0.2, 0) is 0 Å². The zero-order chi connectivity index (χ0) is 15.9. The molecule has 0 unspecified atom stereocenters. The number of aromatic nitrogens is 1. The Morgan fingerprint density at radius 2 is 1.73 bits per heavy atom. The van der Waals surface area contributed by atoms with Gasteiger partial charge in [0, 0.05) is 12.4 Å². The highest BCUT2D eigenvalue weighted by Crippen LogP contribution is 2.14. The Bertz CT molecular complexity index is 706. The summed E-state index contributed by atoms with van der Waals surface area (Å²) < 4.78 is 0. The number of carbonyl (C=O) groups is 3. The molecule has 22 heavy (non-hydrogen) atoms. The van der Waals surface area contributed by atoms with E-state index in [1.54, 1.807) is 18.2 Å². The zero-order valence-corrected chi connectivity index (χ0v) is 11.9. The molecule has 1 aromatic heterocycles. The van der Waals surface area contributed by atoms with Gasteiger partial charge in [0.25, 0.3) is 11.8 Å². The maximum absolute atomic E-state index is 11.8. The summed E-state index contributed by atoms with van der Waals surface area (Å²) in [5.41, 5.74) is 4.62. The highest BCUT2D eigenvalue weighted by molar-refractivity contribution is 6.34. The van der Waals surface area contributed by atoms with Gasteiger partial charge < -0.3 is 0 Å². The Labute approximate surface area is 130 Å². The molecule has 8 heteroatoms. The third-order valence-electron chi connectivity index (χ3n) is 2.56. The molecule has 0 aliphatic carbocycles. The minimum absolute atomic E-state index is 0.151. The predicted molar refractivity (Wildman–Crippen MR) is 79.2 cm³/mol. The second kappa shape index (κ2) is 7.19. The summed E-state index contributed by atoms with van der Waals surface area (Å²) in [7, 11) is 0. The molecular formula is C14H11ClN4O3. The minimum Gasteiger partial charge on any atom is -0.273 e.